The Morgan fingerprint density at radius 2 is 1.78 bits per heavy atom. The summed E-state index contributed by atoms with van der Waals surface area (Å²) in [5.74, 6) is 0.622. The van der Waals surface area contributed by atoms with Gasteiger partial charge < -0.3 is 15.7 Å². The maximum absolute atomic E-state index is 10.2. The molecule has 3 N–H and O–H groups in total. The summed E-state index contributed by atoms with van der Waals surface area (Å²) in [7, 11) is 0. The largest absolute Gasteiger partial charge is 0.387 e. The van der Waals surface area contributed by atoms with E-state index in [-0.39, 0.29) is 0 Å². The molecule has 0 radical (unpaired) electrons. The monoisotopic (exact) mass is 250 g/mol. The van der Waals surface area contributed by atoms with Crippen LogP contribution in [0.3, 0.4) is 0 Å². The lowest BCUT2D eigenvalue weighted by Gasteiger charge is -2.25. The molecule has 3 heteroatoms. The number of aliphatic hydroxyl groups excluding tert-OH is 1. The van der Waals surface area contributed by atoms with Gasteiger partial charge in [0.2, 0.25) is 0 Å². The molecule has 0 aliphatic heterocycles. The molecule has 0 saturated heterocycles. The Balaban J connectivity index is 2.59. The van der Waals surface area contributed by atoms with Crippen LogP contribution in [0.25, 0.3) is 0 Å². The van der Waals surface area contributed by atoms with Gasteiger partial charge in [-0.15, -0.1) is 0 Å². The van der Waals surface area contributed by atoms with Crippen molar-refractivity contribution in [2.24, 2.45) is 11.7 Å². The number of nitrogens with two attached hydrogens (primary N) is 1. The van der Waals surface area contributed by atoms with E-state index in [0.717, 1.165) is 24.2 Å². The van der Waals surface area contributed by atoms with Crippen molar-refractivity contribution in [1.82, 2.24) is 4.90 Å². The van der Waals surface area contributed by atoms with E-state index in [2.05, 4.69) is 25.7 Å². The van der Waals surface area contributed by atoms with Gasteiger partial charge in [-0.25, -0.2) is 0 Å². The quantitative estimate of drug-likeness (QED) is 0.779. The number of hydrogen-bond donors (Lipinski definition) is 2. The Kier molecular flexibility index (Phi) is 6.33. The highest BCUT2D eigenvalue weighted by molar-refractivity contribution is 5.24. The maximum atomic E-state index is 10.2. The molecular formula is C15H26N2O. The average Bonchev–Trinajstić information content (AvgIpc) is 2.37. The fourth-order valence-corrected chi connectivity index (χ4v) is 2.07. The molecule has 0 aliphatic carbocycles. The summed E-state index contributed by atoms with van der Waals surface area (Å²) >= 11 is 0. The van der Waals surface area contributed by atoms with Crippen LogP contribution in [0.2, 0.25) is 0 Å². The molecule has 3 nitrogen and oxygen atoms in total. The van der Waals surface area contributed by atoms with Crippen molar-refractivity contribution >= 4 is 0 Å². The fraction of sp³-hybridized carbons (Fsp3) is 0.600. The van der Waals surface area contributed by atoms with Crippen LogP contribution in [0, 0.1) is 5.92 Å². The fourth-order valence-electron chi connectivity index (χ4n) is 2.07. The van der Waals surface area contributed by atoms with E-state index >= 15 is 0 Å². The first-order valence-electron chi connectivity index (χ1n) is 6.76. The predicted octanol–water partition coefficient (Wildman–Crippen LogP) is 2.16. The van der Waals surface area contributed by atoms with Crippen molar-refractivity contribution in [3.63, 3.8) is 0 Å². The molecule has 0 spiro atoms. The van der Waals surface area contributed by atoms with Crippen molar-refractivity contribution < 1.29 is 5.11 Å². The molecule has 0 aromatic heterocycles. The third-order valence-corrected chi connectivity index (χ3v) is 3.10. The van der Waals surface area contributed by atoms with Crippen LogP contribution >= 0.6 is 0 Å². The summed E-state index contributed by atoms with van der Waals surface area (Å²) in [5.41, 5.74) is 7.63. The number of hydrogen-bond acceptors (Lipinski definition) is 3. The van der Waals surface area contributed by atoms with Crippen LogP contribution in [0.4, 0.5) is 0 Å². The molecule has 1 aromatic rings. The van der Waals surface area contributed by atoms with Gasteiger partial charge in [-0.2, -0.15) is 0 Å². The molecule has 0 heterocycles. The lowest BCUT2D eigenvalue weighted by atomic mass is 10.1. The van der Waals surface area contributed by atoms with Gasteiger partial charge in [0.25, 0.3) is 0 Å². The molecule has 1 atom stereocenters. The summed E-state index contributed by atoms with van der Waals surface area (Å²) < 4.78 is 0. The predicted molar refractivity (Wildman–Crippen MR) is 76.2 cm³/mol. The van der Waals surface area contributed by atoms with E-state index in [4.69, 9.17) is 5.73 Å². The Bertz CT molecular complexity index is 335. The van der Waals surface area contributed by atoms with E-state index in [1.165, 1.54) is 0 Å². The highest BCUT2D eigenvalue weighted by Crippen LogP contribution is 2.15. The highest BCUT2D eigenvalue weighted by atomic mass is 16.3. The van der Waals surface area contributed by atoms with Crippen LogP contribution in [0.15, 0.2) is 24.3 Å². The average molecular weight is 250 g/mol. The van der Waals surface area contributed by atoms with Gasteiger partial charge in [0.05, 0.1) is 6.10 Å². The summed E-state index contributed by atoms with van der Waals surface area (Å²) in [6, 6.07) is 7.90. The first-order chi connectivity index (χ1) is 8.56. The van der Waals surface area contributed by atoms with E-state index in [1.54, 1.807) is 0 Å². The van der Waals surface area contributed by atoms with E-state index in [0.29, 0.717) is 19.0 Å². The molecule has 18 heavy (non-hydrogen) atoms. The molecule has 0 fully saturated rings. The lowest BCUT2D eigenvalue weighted by Crippen LogP contribution is -2.31. The minimum atomic E-state index is -0.421. The van der Waals surface area contributed by atoms with Gasteiger partial charge in [0.1, 0.15) is 0 Å². The van der Waals surface area contributed by atoms with Crippen LogP contribution < -0.4 is 5.73 Å². The lowest BCUT2D eigenvalue weighted by molar-refractivity contribution is 0.109. The Labute approximate surface area is 111 Å². The van der Waals surface area contributed by atoms with Gasteiger partial charge in [-0.1, -0.05) is 45.0 Å². The molecule has 0 amide bonds. The van der Waals surface area contributed by atoms with Gasteiger partial charge in [-0.05, 0) is 23.6 Å². The summed E-state index contributed by atoms with van der Waals surface area (Å²) in [6.45, 7) is 9.76. The third kappa shape index (κ3) is 4.77. The summed E-state index contributed by atoms with van der Waals surface area (Å²) in [5, 5.41) is 10.2. The number of aliphatic hydroxyl groups is 1. The van der Waals surface area contributed by atoms with Crippen molar-refractivity contribution in [1.29, 1.82) is 0 Å². The van der Waals surface area contributed by atoms with Crippen molar-refractivity contribution in [2.75, 3.05) is 19.6 Å². The van der Waals surface area contributed by atoms with Crippen molar-refractivity contribution in [2.45, 2.75) is 33.4 Å². The standard InChI is InChI=1S/C15H26N2O/c1-4-17(10-12(2)3)11-15(18)14-7-5-13(9-16)6-8-14/h5-8,12,15,18H,4,9-11,16H2,1-3H3. The van der Waals surface area contributed by atoms with Gasteiger partial charge in [-0.3, -0.25) is 0 Å². The van der Waals surface area contributed by atoms with Crippen LogP contribution in [-0.4, -0.2) is 29.6 Å². The van der Waals surface area contributed by atoms with E-state index in [1.807, 2.05) is 24.3 Å². The van der Waals surface area contributed by atoms with E-state index in [9.17, 15) is 5.11 Å². The number of nitrogens with zero attached hydrogens (tertiary/aromatic N) is 1. The molecule has 0 saturated carbocycles. The Hall–Kier alpha value is -0.900. The third-order valence-electron chi connectivity index (χ3n) is 3.10. The minimum absolute atomic E-state index is 0.421. The molecule has 102 valence electrons. The number of benzene rings is 1. The molecule has 1 rings (SSSR count). The summed E-state index contributed by atoms with van der Waals surface area (Å²) in [4.78, 5) is 2.28. The van der Waals surface area contributed by atoms with Crippen LogP contribution in [-0.2, 0) is 6.54 Å². The molecule has 0 bridgehead atoms. The molecule has 1 unspecified atom stereocenters. The molecule has 0 aliphatic rings. The minimum Gasteiger partial charge on any atom is -0.387 e. The summed E-state index contributed by atoms with van der Waals surface area (Å²) in [6.07, 6.45) is -0.421. The van der Waals surface area contributed by atoms with Crippen molar-refractivity contribution in [3.05, 3.63) is 35.4 Å². The topological polar surface area (TPSA) is 49.5 Å². The number of rotatable bonds is 7. The van der Waals surface area contributed by atoms with Crippen LogP contribution in [0.5, 0.6) is 0 Å². The number of likely N-dealkylation sites (N-methyl/N-ethyl adjacent to an activating group) is 1. The Morgan fingerprint density at radius 1 is 1.17 bits per heavy atom. The SMILES string of the molecule is CCN(CC(C)C)CC(O)c1ccc(CN)cc1. The zero-order valence-corrected chi connectivity index (χ0v) is 11.8. The van der Waals surface area contributed by atoms with Crippen LogP contribution in [0.1, 0.15) is 38.0 Å². The molecule has 1 aromatic carbocycles. The second kappa shape index (κ2) is 7.52. The highest BCUT2D eigenvalue weighted by Gasteiger charge is 2.13. The smallest absolute Gasteiger partial charge is 0.0916 e. The second-order valence-corrected chi connectivity index (χ2v) is 5.21. The first-order valence-corrected chi connectivity index (χ1v) is 6.76. The second-order valence-electron chi connectivity index (χ2n) is 5.21. The Morgan fingerprint density at radius 3 is 2.22 bits per heavy atom. The van der Waals surface area contributed by atoms with Gasteiger partial charge >= 0.3 is 0 Å². The van der Waals surface area contributed by atoms with Gasteiger partial charge in [0, 0.05) is 19.6 Å². The van der Waals surface area contributed by atoms with Gasteiger partial charge in [0.15, 0.2) is 0 Å². The molecular weight excluding hydrogens is 224 g/mol. The zero-order valence-electron chi connectivity index (χ0n) is 11.8. The maximum Gasteiger partial charge on any atom is 0.0916 e. The van der Waals surface area contributed by atoms with Crippen molar-refractivity contribution in [3.8, 4) is 0 Å². The first kappa shape index (κ1) is 15.2. The normalized spacial score (nSPS) is 13.3. The zero-order chi connectivity index (χ0) is 13.5. The van der Waals surface area contributed by atoms with E-state index < -0.39 is 6.10 Å².